The Morgan fingerprint density at radius 2 is 1.60 bits per heavy atom. The first-order valence-electron chi connectivity index (χ1n) is 12.0. The number of nitrogens with one attached hydrogen (secondary N) is 2. The predicted octanol–water partition coefficient (Wildman–Crippen LogP) is 3.69. The van der Waals surface area contributed by atoms with Crippen LogP contribution in [0.2, 0.25) is 0 Å². The molecule has 0 aromatic heterocycles. The maximum absolute atomic E-state index is 12.9. The lowest BCUT2D eigenvalue weighted by Crippen LogP contribution is -2.55. The second-order valence-electron chi connectivity index (χ2n) is 9.40. The van der Waals surface area contributed by atoms with Crippen LogP contribution in [0.4, 0.5) is 4.79 Å². The van der Waals surface area contributed by atoms with Gasteiger partial charge in [-0.15, -0.1) is 0 Å². The molecule has 1 fully saturated rings. The van der Waals surface area contributed by atoms with Crippen LogP contribution in [0.1, 0.15) is 49.7 Å². The fraction of sp³-hybridized carbons (Fsp3) is 0.444. The van der Waals surface area contributed by atoms with E-state index in [2.05, 4.69) is 22.8 Å². The summed E-state index contributed by atoms with van der Waals surface area (Å²) in [6, 6.07) is 15.1. The van der Waals surface area contributed by atoms with Crippen molar-refractivity contribution in [3.05, 3.63) is 59.7 Å². The molecule has 35 heavy (non-hydrogen) atoms. The van der Waals surface area contributed by atoms with Crippen LogP contribution in [0.15, 0.2) is 48.5 Å². The number of alkyl carbamates (subject to hydrolysis) is 1. The minimum absolute atomic E-state index is 0.0144. The largest absolute Gasteiger partial charge is 0.481 e. The average molecular weight is 481 g/mol. The molecule has 0 bridgehead atoms. The highest BCUT2D eigenvalue weighted by molar-refractivity contribution is 5.87. The van der Waals surface area contributed by atoms with Gasteiger partial charge in [-0.1, -0.05) is 61.4 Å². The first-order chi connectivity index (χ1) is 16.9. The average Bonchev–Trinajstić information content (AvgIpc) is 3.48. The number of carboxylic acid groups (broad SMARTS) is 1. The molecule has 2 atom stereocenters. The topological polar surface area (TPSA) is 114 Å². The second-order valence-corrected chi connectivity index (χ2v) is 9.40. The van der Waals surface area contributed by atoms with Gasteiger partial charge in [-0.25, -0.2) is 4.79 Å². The molecule has 2 aliphatic rings. The summed E-state index contributed by atoms with van der Waals surface area (Å²) < 4.78 is 10.9. The number of carboxylic acids is 1. The molecule has 2 aromatic rings. The number of benzene rings is 2. The monoisotopic (exact) mass is 480 g/mol. The van der Waals surface area contributed by atoms with E-state index < -0.39 is 35.5 Å². The summed E-state index contributed by atoms with van der Waals surface area (Å²) in [6.45, 7) is 1.80. The van der Waals surface area contributed by atoms with Crippen LogP contribution in [-0.2, 0) is 19.1 Å². The van der Waals surface area contributed by atoms with E-state index in [1.165, 1.54) is 7.11 Å². The van der Waals surface area contributed by atoms with Gasteiger partial charge in [-0.2, -0.15) is 0 Å². The van der Waals surface area contributed by atoms with Crippen LogP contribution < -0.4 is 10.6 Å². The Bertz CT molecular complexity index is 1050. The zero-order chi connectivity index (χ0) is 25.0. The van der Waals surface area contributed by atoms with Crippen molar-refractivity contribution in [3.8, 4) is 11.1 Å². The lowest BCUT2D eigenvalue weighted by molar-refractivity contribution is -0.148. The highest BCUT2D eigenvalue weighted by Crippen LogP contribution is 2.44. The summed E-state index contributed by atoms with van der Waals surface area (Å²) in [7, 11) is 1.44. The highest BCUT2D eigenvalue weighted by atomic mass is 16.5. The lowest BCUT2D eigenvalue weighted by Gasteiger charge is -2.27. The highest BCUT2D eigenvalue weighted by Gasteiger charge is 2.42. The number of fused-ring (bicyclic) bond motifs is 3. The van der Waals surface area contributed by atoms with Crippen molar-refractivity contribution in [2.24, 2.45) is 5.41 Å². The number of amides is 2. The Balaban J connectivity index is 1.39. The third-order valence-corrected chi connectivity index (χ3v) is 7.36. The van der Waals surface area contributed by atoms with Gasteiger partial charge in [-0.05, 0) is 42.0 Å². The molecule has 4 rings (SSSR count). The number of hydrogen-bond acceptors (Lipinski definition) is 5. The smallest absolute Gasteiger partial charge is 0.407 e. The van der Waals surface area contributed by atoms with E-state index >= 15 is 0 Å². The van der Waals surface area contributed by atoms with E-state index in [-0.39, 0.29) is 19.1 Å². The Hall–Kier alpha value is -3.39. The number of ether oxygens (including phenoxy) is 2. The maximum atomic E-state index is 12.9. The quantitative estimate of drug-likeness (QED) is 0.504. The zero-order valence-electron chi connectivity index (χ0n) is 20.1. The molecule has 2 aromatic carbocycles. The number of hydrogen-bond donors (Lipinski definition) is 3. The van der Waals surface area contributed by atoms with Crippen molar-refractivity contribution in [1.29, 1.82) is 0 Å². The zero-order valence-corrected chi connectivity index (χ0v) is 20.1. The maximum Gasteiger partial charge on any atom is 0.407 e. The molecule has 3 N–H and O–H groups in total. The summed E-state index contributed by atoms with van der Waals surface area (Å²) in [4.78, 5) is 37.5. The number of aliphatic carboxylic acids is 1. The molecule has 0 aliphatic heterocycles. The molecule has 8 nitrogen and oxygen atoms in total. The molecule has 2 aliphatic carbocycles. The van der Waals surface area contributed by atoms with Gasteiger partial charge >= 0.3 is 12.1 Å². The van der Waals surface area contributed by atoms with E-state index in [4.69, 9.17) is 9.47 Å². The van der Waals surface area contributed by atoms with Gasteiger partial charge in [0.05, 0.1) is 11.5 Å². The summed E-state index contributed by atoms with van der Waals surface area (Å²) in [5.74, 6) is -1.51. The Kier molecular flexibility index (Phi) is 7.40. The number of methoxy groups -OCH3 is 1. The Morgan fingerprint density at radius 1 is 1.03 bits per heavy atom. The van der Waals surface area contributed by atoms with Crippen molar-refractivity contribution in [1.82, 2.24) is 10.6 Å². The molecule has 0 spiro atoms. The SMILES string of the molecule is COC(C)C(NC(=O)OCC1c2ccccc2-c2ccccc21)C(=O)NCC1(C(=O)O)CCCC1. The Labute approximate surface area is 205 Å². The summed E-state index contributed by atoms with van der Waals surface area (Å²) in [5, 5.41) is 15.0. The fourth-order valence-electron chi connectivity index (χ4n) is 5.18. The van der Waals surface area contributed by atoms with Crippen LogP contribution in [0.5, 0.6) is 0 Å². The van der Waals surface area contributed by atoms with Crippen LogP contribution in [0, 0.1) is 5.41 Å². The number of rotatable bonds is 9. The van der Waals surface area contributed by atoms with Gasteiger partial charge < -0.3 is 25.2 Å². The Morgan fingerprint density at radius 3 is 2.14 bits per heavy atom. The van der Waals surface area contributed by atoms with E-state index in [9.17, 15) is 19.5 Å². The van der Waals surface area contributed by atoms with Gasteiger partial charge in [0.1, 0.15) is 12.6 Å². The van der Waals surface area contributed by atoms with E-state index in [1.54, 1.807) is 6.92 Å². The van der Waals surface area contributed by atoms with Gasteiger partial charge in [0.15, 0.2) is 0 Å². The normalized spacial score (nSPS) is 17.7. The lowest BCUT2D eigenvalue weighted by atomic mass is 9.86. The minimum Gasteiger partial charge on any atom is -0.481 e. The van der Waals surface area contributed by atoms with Crippen LogP contribution in [-0.4, -0.2) is 55.5 Å². The fourth-order valence-corrected chi connectivity index (χ4v) is 5.18. The van der Waals surface area contributed by atoms with Gasteiger partial charge in [0.25, 0.3) is 0 Å². The standard InChI is InChI=1S/C27H32N2O6/c1-17(34-2)23(24(30)28-16-27(25(31)32)13-7-8-14-27)29-26(33)35-15-22-20-11-5-3-9-18(20)19-10-4-6-12-21(19)22/h3-6,9-12,17,22-23H,7-8,13-16H2,1-2H3,(H,28,30)(H,29,33)(H,31,32). The van der Waals surface area contributed by atoms with Gasteiger partial charge in [0.2, 0.25) is 5.91 Å². The minimum atomic E-state index is -1.03. The van der Waals surface area contributed by atoms with Crippen LogP contribution >= 0.6 is 0 Å². The molecule has 1 saturated carbocycles. The third kappa shape index (κ3) is 5.03. The van der Waals surface area contributed by atoms with E-state index in [1.807, 2.05) is 36.4 Å². The first kappa shape index (κ1) is 24.7. The van der Waals surface area contributed by atoms with Crippen LogP contribution in [0.25, 0.3) is 11.1 Å². The molecule has 8 heteroatoms. The molecule has 186 valence electrons. The first-order valence-corrected chi connectivity index (χ1v) is 12.0. The van der Waals surface area contributed by atoms with Crippen molar-refractivity contribution in [3.63, 3.8) is 0 Å². The van der Waals surface area contributed by atoms with E-state index in [0.717, 1.165) is 35.1 Å². The van der Waals surface area contributed by atoms with Crippen LogP contribution in [0.3, 0.4) is 0 Å². The summed E-state index contributed by atoms with van der Waals surface area (Å²) in [6.07, 6.45) is 1.31. The molecule has 0 heterocycles. The number of carbonyl (C=O) groups is 3. The molecule has 0 saturated heterocycles. The second kappa shape index (κ2) is 10.5. The predicted molar refractivity (Wildman–Crippen MR) is 130 cm³/mol. The van der Waals surface area contributed by atoms with Crippen molar-refractivity contribution >= 4 is 18.0 Å². The van der Waals surface area contributed by atoms with Crippen molar-refractivity contribution in [2.75, 3.05) is 20.3 Å². The molecule has 0 radical (unpaired) electrons. The van der Waals surface area contributed by atoms with Gasteiger partial charge in [0, 0.05) is 19.6 Å². The number of carbonyl (C=O) groups excluding carboxylic acids is 2. The van der Waals surface area contributed by atoms with Crippen molar-refractivity contribution < 1.29 is 29.0 Å². The molecular formula is C27H32N2O6. The van der Waals surface area contributed by atoms with E-state index in [0.29, 0.717) is 12.8 Å². The molecule has 2 unspecified atom stereocenters. The summed E-state index contributed by atoms with van der Waals surface area (Å²) in [5.41, 5.74) is 3.48. The summed E-state index contributed by atoms with van der Waals surface area (Å²) >= 11 is 0. The third-order valence-electron chi connectivity index (χ3n) is 7.36. The van der Waals surface area contributed by atoms with Crippen molar-refractivity contribution in [2.45, 2.75) is 50.7 Å². The molecular weight excluding hydrogens is 448 g/mol. The molecule has 2 amide bonds. The van der Waals surface area contributed by atoms with Gasteiger partial charge in [-0.3, -0.25) is 9.59 Å².